The molecule has 1 atom stereocenters. The van der Waals surface area contributed by atoms with Gasteiger partial charge in [-0.15, -0.1) is 0 Å². The molecule has 194 valence electrons. The van der Waals surface area contributed by atoms with Gasteiger partial charge in [0.15, 0.2) is 5.82 Å². The van der Waals surface area contributed by atoms with Crippen molar-refractivity contribution in [2.75, 3.05) is 4.72 Å². The van der Waals surface area contributed by atoms with E-state index in [9.17, 15) is 17.8 Å². The van der Waals surface area contributed by atoms with Crippen LogP contribution in [-0.2, 0) is 18.0 Å². The summed E-state index contributed by atoms with van der Waals surface area (Å²) in [5.41, 5.74) is 1.46. The highest BCUT2D eigenvalue weighted by Gasteiger charge is 2.25. The summed E-state index contributed by atoms with van der Waals surface area (Å²) < 4.78 is 60.5. The Morgan fingerprint density at radius 2 is 1.87 bits per heavy atom. The summed E-state index contributed by atoms with van der Waals surface area (Å²) in [6.07, 6.45) is 4.86. The van der Waals surface area contributed by atoms with Crippen molar-refractivity contribution in [3.63, 3.8) is 0 Å². The second-order valence-corrected chi connectivity index (χ2v) is 10.1. The molecular weight excluding hydrogens is 527 g/mol. The van der Waals surface area contributed by atoms with Gasteiger partial charge >= 0.3 is 0 Å². The first kappa shape index (κ1) is 24.6. The minimum Gasteiger partial charge on any atom is -0.345 e. The summed E-state index contributed by atoms with van der Waals surface area (Å²) in [6.45, 7) is 0. The van der Waals surface area contributed by atoms with Gasteiger partial charge in [0.2, 0.25) is 5.78 Å². The first-order valence-corrected chi connectivity index (χ1v) is 12.8. The highest BCUT2D eigenvalue weighted by molar-refractivity contribution is 7.86. The number of hydrogen-bond acceptors (Lipinski definition) is 4. The second-order valence-electron chi connectivity index (χ2n) is 8.84. The maximum absolute atomic E-state index is 15.5. The Balaban J connectivity index is 1.37. The Morgan fingerprint density at radius 3 is 2.69 bits per heavy atom. The predicted octanol–water partition coefficient (Wildman–Crippen LogP) is 5.90. The van der Waals surface area contributed by atoms with Gasteiger partial charge in [-0.2, -0.15) is 5.10 Å². The average Bonchev–Trinajstić information content (AvgIpc) is 3.51. The average molecular weight is 546 g/mol. The molecule has 1 unspecified atom stereocenters. The van der Waals surface area contributed by atoms with Crippen molar-refractivity contribution in [2.24, 2.45) is 7.05 Å². The molecule has 7 nitrogen and oxygen atoms in total. The van der Waals surface area contributed by atoms with Crippen molar-refractivity contribution in [1.82, 2.24) is 19.7 Å². The van der Waals surface area contributed by atoms with E-state index in [1.165, 1.54) is 24.4 Å². The third kappa shape index (κ3) is 4.46. The molecule has 0 saturated carbocycles. The van der Waals surface area contributed by atoms with Crippen molar-refractivity contribution in [3.8, 4) is 11.1 Å². The maximum atomic E-state index is 15.5. The van der Waals surface area contributed by atoms with Gasteiger partial charge in [-0.05, 0) is 48.0 Å². The van der Waals surface area contributed by atoms with Gasteiger partial charge in [-0.25, -0.2) is 22.4 Å². The van der Waals surface area contributed by atoms with Crippen LogP contribution >= 0.6 is 0 Å². The van der Waals surface area contributed by atoms with Crippen molar-refractivity contribution < 1.29 is 22.2 Å². The van der Waals surface area contributed by atoms with Crippen LogP contribution in [0, 0.1) is 17.5 Å². The van der Waals surface area contributed by atoms with Gasteiger partial charge in [-0.1, -0.05) is 18.2 Å². The van der Waals surface area contributed by atoms with Crippen molar-refractivity contribution in [3.05, 3.63) is 108 Å². The van der Waals surface area contributed by atoms with Gasteiger partial charge in [-0.3, -0.25) is 14.2 Å². The van der Waals surface area contributed by atoms with E-state index in [-0.39, 0.29) is 16.1 Å². The molecule has 6 rings (SSSR count). The summed E-state index contributed by atoms with van der Waals surface area (Å²) in [4.78, 5) is 20.7. The number of ketones is 1. The summed E-state index contributed by atoms with van der Waals surface area (Å²) in [6, 6.07) is 14.3. The number of halogens is 3. The number of carbonyl (C=O) groups excluding carboxylic acids is 1. The third-order valence-electron chi connectivity index (χ3n) is 6.26. The first-order valence-electron chi connectivity index (χ1n) is 11.7. The van der Waals surface area contributed by atoms with Gasteiger partial charge in [0.1, 0.15) is 28.3 Å². The van der Waals surface area contributed by atoms with Crippen LogP contribution in [0.5, 0.6) is 0 Å². The molecule has 2 N–H and O–H groups in total. The molecule has 0 aliphatic heterocycles. The molecule has 0 radical (unpaired) electrons. The Kier molecular flexibility index (Phi) is 5.99. The van der Waals surface area contributed by atoms with E-state index in [1.807, 2.05) is 31.4 Å². The van der Waals surface area contributed by atoms with Gasteiger partial charge in [0.05, 0.1) is 21.7 Å². The number of aromatic nitrogens is 4. The van der Waals surface area contributed by atoms with Crippen molar-refractivity contribution in [1.29, 1.82) is 0 Å². The zero-order chi connectivity index (χ0) is 27.3. The van der Waals surface area contributed by atoms with Crippen LogP contribution in [0.25, 0.3) is 33.1 Å². The van der Waals surface area contributed by atoms with Crippen molar-refractivity contribution in [2.45, 2.75) is 4.90 Å². The smallest absolute Gasteiger partial charge is 0.201 e. The van der Waals surface area contributed by atoms with Crippen LogP contribution < -0.4 is 4.72 Å². The molecule has 0 fully saturated rings. The van der Waals surface area contributed by atoms with Crippen LogP contribution in [0.2, 0.25) is 0 Å². The number of aromatic amines is 1. The number of anilines is 1. The van der Waals surface area contributed by atoms with Crippen LogP contribution in [-0.4, -0.2) is 29.7 Å². The highest BCUT2D eigenvalue weighted by Crippen LogP contribution is 2.30. The van der Waals surface area contributed by atoms with E-state index in [4.69, 9.17) is 0 Å². The number of carbonyl (C=O) groups is 1. The van der Waals surface area contributed by atoms with E-state index in [0.29, 0.717) is 16.6 Å². The lowest BCUT2D eigenvalue weighted by atomic mass is 9.99. The topological polar surface area (TPSA) is 92.7 Å². The summed E-state index contributed by atoms with van der Waals surface area (Å²) in [7, 11) is -0.235. The SMILES string of the molecule is Cn1cc2ccc(-c3cnc4[nH]cc(C(=O)c5c(F)ccc(NS(=O)c6cccc(F)c6)c5F)c4c3)cc2n1. The fourth-order valence-corrected chi connectivity index (χ4v) is 5.28. The summed E-state index contributed by atoms with van der Waals surface area (Å²) in [5, 5.41) is 5.75. The number of nitrogens with one attached hydrogen (secondary N) is 2. The van der Waals surface area contributed by atoms with E-state index in [2.05, 4.69) is 19.8 Å². The number of nitrogens with zero attached hydrogens (tertiary/aromatic N) is 3. The number of pyridine rings is 1. The number of H-pyrrole nitrogens is 1. The number of aryl methyl sites for hydroxylation is 1. The number of fused-ring (bicyclic) bond motifs is 2. The first-order chi connectivity index (χ1) is 18.8. The summed E-state index contributed by atoms with van der Waals surface area (Å²) in [5.74, 6) is -3.84. The lowest BCUT2D eigenvalue weighted by Crippen LogP contribution is -2.12. The quantitative estimate of drug-likeness (QED) is 0.255. The zero-order valence-corrected chi connectivity index (χ0v) is 21.0. The van der Waals surface area contributed by atoms with Crippen LogP contribution in [0.15, 0.2) is 84.1 Å². The molecule has 39 heavy (non-hydrogen) atoms. The van der Waals surface area contributed by atoms with E-state index in [1.54, 1.807) is 16.9 Å². The Morgan fingerprint density at radius 1 is 1.03 bits per heavy atom. The standard InChI is InChI=1S/C28H18F3N5O2S/c1-36-14-16-6-5-15(10-24(16)34-36)17-9-20-21(13-33-28(20)32-12-17)27(37)25-22(30)7-8-23(26(25)31)35-39(38)19-4-2-3-18(29)11-19/h2-14,35H,1H3,(H,32,33). The molecule has 3 heterocycles. The van der Waals surface area contributed by atoms with Gasteiger partial charge in [0, 0.05) is 47.5 Å². The van der Waals surface area contributed by atoms with Gasteiger partial charge in [0.25, 0.3) is 0 Å². The van der Waals surface area contributed by atoms with Crippen LogP contribution in [0.3, 0.4) is 0 Å². The predicted molar refractivity (Wildman–Crippen MR) is 142 cm³/mol. The molecule has 3 aromatic carbocycles. The number of rotatable bonds is 6. The molecule has 0 saturated heterocycles. The minimum absolute atomic E-state index is 0.0134. The van der Waals surface area contributed by atoms with Crippen LogP contribution in [0.4, 0.5) is 18.9 Å². The molecular formula is C28H18F3N5O2S. The maximum Gasteiger partial charge on any atom is 0.201 e. The molecule has 0 bridgehead atoms. The molecule has 6 aromatic rings. The Bertz CT molecular complexity index is 1950. The Labute approximate surface area is 221 Å². The van der Waals surface area contributed by atoms with E-state index in [0.717, 1.165) is 34.7 Å². The fraction of sp³-hybridized carbons (Fsp3) is 0.0357. The minimum atomic E-state index is -2.06. The molecule has 0 aliphatic carbocycles. The molecule has 0 amide bonds. The molecule has 11 heteroatoms. The normalized spacial score (nSPS) is 12.2. The second kappa shape index (κ2) is 9.52. The molecule has 0 spiro atoms. The van der Waals surface area contributed by atoms with Crippen LogP contribution in [0.1, 0.15) is 15.9 Å². The third-order valence-corrected chi connectivity index (χ3v) is 7.35. The zero-order valence-electron chi connectivity index (χ0n) is 20.2. The van der Waals surface area contributed by atoms with E-state index >= 15 is 4.39 Å². The van der Waals surface area contributed by atoms with Crippen molar-refractivity contribution >= 4 is 44.4 Å². The fourth-order valence-electron chi connectivity index (χ4n) is 4.38. The number of benzene rings is 3. The monoisotopic (exact) mass is 545 g/mol. The summed E-state index contributed by atoms with van der Waals surface area (Å²) >= 11 is 0. The highest BCUT2D eigenvalue weighted by atomic mass is 32.2. The Hall–Kier alpha value is -4.77. The van der Waals surface area contributed by atoms with Gasteiger partial charge < -0.3 is 4.98 Å². The lowest BCUT2D eigenvalue weighted by Gasteiger charge is -2.11. The largest absolute Gasteiger partial charge is 0.345 e. The number of hydrogen-bond donors (Lipinski definition) is 2. The molecule has 3 aromatic heterocycles. The lowest BCUT2D eigenvalue weighted by molar-refractivity contribution is 0.103. The molecule has 0 aliphatic rings. The van der Waals surface area contributed by atoms with E-state index < -0.39 is 39.8 Å².